The minimum atomic E-state index is -0.776. The van der Waals surface area contributed by atoms with Crippen LogP contribution >= 0.6 is 0 Å². The quantitative estimate of drug-likeness (QED) is 0.656. The predicted molar refractivity (Wildman–Crippen MR) is 116 cm³/mol. The summed E-state index contributed by atoms with van der Waals surface area (Å²) < 4.78 is 26.0. The molecule has 0 bridgehead atoms. The Morgan fingerprint density at radius 3 is 2.31 bits per heavy atom. The van der Waals surface area contributed by atoms with Gasteiger partial charge in [0.1, 0.15) is 29.5 Å². The van der Waals surface area contributed by atoms with Crippen LogP contribution < -0.4 is 4.90 Å². The van der Waals surface area contributed by atoms with Gasteiger partial charge in [-0.1, -0.05) is 0 Å². The van der Waals surface area contributed by atoms with Crippen LogP contribution in [0.1, 0.15) is 65.3 Å². The molecule has 10 heteroatoms. The zero-order valence-corrected chi connectivity index (χ0v) is 19.6. The van der Waals surface area contributed by atoms with Gasteiger partial charge in [0.05, 0.1) is 12.1 Å². The van der Waals surface area contributed by atoms with Gasteiger partial charge in [-0.25, -0.2) is 18.7 Å². The van der Waals surface area contributed by atoms with Gasteiger partial charge >= 0.3 is 12.2 Å². The number of aromatic nitrogens is 2. The lowest BCUT2D eigenvalue weighted by Crippen LogP contribution is -2.41. The van der Waals surface area contributed by atoms with Crippen molar-refractivity contribution < 1.29 is 23.5 Å². The topological polar surface area (TPSA) is 101 Å². The van der Waals surface area contributed by atoms with E-state index in [0.717, 1.165) is 4.90 Å². The molecule has 1 unspecified atom stereocenters. The van der Waals surface area contributed by atoms with Crippen LogP contribution in [0.3, 0.4) is 0 Å². The van der Waals surface area contributed by atoms with Crippen molar-refractivity contribution in [2.24, 2.45) is 0 Å². The minimum absolute atomic E-state index is 0.0216. The monoisotopic (exact) mass is 447 g/mol. The fourth-order valence-corrected chi connectivity index (χ4v) is 3.38. The molecular formula is C22H30FN5O4. The van der Waals surface area contributed by atoms with Crippen LogP contribution in [0.5, 0.6) is 0 Å². The standard InChI is InChI=1S/C22H30FN5O4/c1-9-17-16(12-24)18(26(8)19(29)31-21(2,3)4)28(25-17)15-10-14(11-23)27(13-15)20(30)32-22(5,6)7/h1,14-15H,10-11,13H2,2-8H3/t14-,15?/m0/s1. The van der Waals surface area contributed by atoms with Gasteiger partial charge in [-0.05, 0) is 53.9 Å². The lowest BCUT2D eigenvalue weighted by atomic mass is 10.2. The lowest BCUT2D eigenvalue weighted by molar-refractivity contribution is 0.0202. The number of hydrogen-bond acceptors (Lipinski definition) is 6. The highest BCUT2D eigenvalue weighted by atomic mass is 19.1. The number of likely N-dealkylation sites (tertiary alicyclic amines) is 1. The zero-order valence-electron chi connectivity index (χ0n) is 19.6. The summed E-state index contributed by atoms with van der Waals surface area (Å²) >= 11 is 0. The Hall–Kier alpha value is -3.27. The number of amides is 2. The van der Waals surface area contributed by atoms with Crippen LogP contribution in [0.15, 0.2) is 0 Å². The molecule has 1 fully saturated rings. The Labute approximate surface area is 188 Å². The van der Waals surface area contributed by atoms with Gasteiger partial charge in [-0.3, -0.25) is 4.90 Å². The summed E-state index contributed by atoms with van der Waals surface area (Å²) in [5.41, 5.74) is -1.44. The molecule has 2 amide bonds. The third-order valence-electron chi connectivity index (χ3n) is 4.66. The Morgan fingerprint density at radius 2 is 1.84 bits per heavy atom. The summed E-state index contributed by atoms with van der Waals surface area (Å²) in [4.78, 5) is 27.8. The molecule has 174 valence electrons. The lowest BCUT2D eigenvalue weighted by Gasteiger charge is -2.27. The van der Waals surface area contributed by atoms with E-state index in [1.165, 1.54) is 16.6 Å². The second-order valence-corrected chi connectivity index (χ2v) is 9.62. The highest BCUT2D eigenvalue weighted by Gasteiger charge is 2.41. The first-order valence-electron chi connectivity index (χ1n) is 10.2. The second kappa shape index (κ2) is 9.07. The number of terminal acetylenes is 1. The van der Waals surface area contributed by atoms with Gasteiger partial charge in [0.25, 0.3) is 0 Å². The Balaban J connectivity index is 2.46. The van der Waals surface area contributed by atoms with Crippen molar-refractivity contribution >= 4 is 18.0 Å². The second-order valence-electron chi connectivity index (χ2n) is 9.62. The number of nitriles is 1. The van der Waals surface area contributed by atoms with Crippen LogP contribution in [-0.2, 0) is 9.47 Å². The highest BCUT2D eigenvalue weighted by Crippen LogP contribution is 2.35. The van der Waals surface area contributed by atoms with Crippen LogP contribution in [0.25, 0.3) is 0 Å². The molecule has 9 nitrogen and oxygen atoms in total. The van der Waals surface area contributed by atoms with Gasteiger partial charge in [0.15, 0.2) is 11.5 Å². The van der Waals surface area contributed by atoms with Crippen LogP contribution in [0, 0.1) is 23.7 Å². The van der Waals surface area contributed by atoms with Crippen molar-refractivity contribution in [3.8, 4) is 18.4 Å². The summed E-state index contributed by atoms with van der Waals surface area (Å²) in [6.07, 6.45) is 4.39. The smallest absolute Gasteiger partial charge is 0.415 e. The minimum Gasteiger partial charge on any atom is -0.444 e. The zero-order chi connectivity index (χ0) is 24.4. The number of anilines is 1. The maximum atomic E-state index is 13.8. The summed E-state index contributed by atoms with van der Waals surface area (Å²) in [5.74, 6) is 2.48. The molecule has 1 saturated heterocycles. The first-order chi connectivity index (χ1) is 14.7. The van der Waals surface area contributed by atoms with E-state index in [0.29, 0.717) is 0 Å². The van der Waals surface area contributed by atoms with E-state index in [9.17, 15) is 19.2 Å². The fraction of sp³-hybridized carbons (Fsp3) is 0.636. The summed E-state index contributed by atoms with van der Waals surface area (Å²) in [5, 5.41) is 14.0. The number of rotatable bonds is 3. The number of alkyl halides is 1. The summed E-state index contributed by atoms with van der Waals surface area (Å²) in [7, 11) is 1.44. The summed E-state index contributed by atoms with van der Waals surface area (Å²) in [6.45, 7) is 9.63. The first-order valence-corrected chi connectivity index (χ1v) is 10.2. The number of carbonyl (C=O) groups excluding carboxylic acids is 2. The number of halogens is 1. The number of carbonyl (C=O) groups is 2. The maximum absolute atomic E-state index is 13.8. The largest absolute Gasteiger partial charge is 0.444 e. The van der Waals surface area contributed by atoms with E-state index >= 15 is 0 Å². The van der Waals surface area contributed by atoms with Gasteiger partial charge in [-0.15, -0.1) is 6.42 Å². The van der Waals surface area contributed by atoms with E-state index in [1.807, 2.05) is 6.07 Å². The van der Waals surface area contributed by atoms with Gasteiger partial charge < -0.3 is 14.4 Å². The molecule has 2 heterocycles. The molecule has 32 heavy (non-hydrogen) atoms. The van der Waals surface area contributed by atoms with E-state index in [4.69, 9.17) is 15.9 Å². The molecule has 0 aromatic carbocycles. The average Bonchev–Trinajstić information content (AvgIpc) is 3.25. The van der Waals surface area contributed by atoms with Gasteiger partial charge in [0.2, 0.25) is 0 Å². The van der Waals surface area contributed by atoms with Crippen molar-refractivity contribution in [3.05, 3.63) is 11.3 Å². The molecule has 0 saturated carbocycles. The van der Waals surface area contributed by atoms with Crippen LogP contribution in [0.2, 0.25) is 0 Å². The van der Waals surface area contributed by atoms with Crippen LogP contribution in [0.4, 0.5) is 19.8 Å². The Bertz CT molecular complexity index is 961. The van der Waals surface area contributed by atoms with Crippen LogP contribution in [-0.4, -0.2) is 64.4 Å². The Morgan fingerprint density at radius 1 is 1.25 bits per heavy atom. The average molecular weight is 448 g/mol. The van der Waals surface area contributed by atoms with E-state index in [2.05, 4.69) is 11.0 Å². The normalized spacial score (nSPS) is 18.6. The molecule has 2 rings (SSSR count). The van der Waals surface area contributed by atoms with E-state index in [-0.39, 0.29) is 30.0 Å². The molecule has 1 aromatic rings. The summed E-state index contributed by atoms with van der Waals surface area (Å²) in [6, 6.07) is 0.726. The molecule has 0 N–H and O–H groups in total. The Kier molecular flexibility index (Phi) is 7.09. The number of nitrogens with zero attached hydrogens (tertiary/aromatic N) is 5. The molecule has 1 aromatic heterocycles. The molecule has 0 radical (unpaired) electrons. The number of hydrogen-bond donors (Lipinski definition) is 0. The SMILES string of the molecule is C#Cc1nn(C2C[C@@H](CF)N(C(=O)OC(C)(C)C)C2)c(N(C)C(=O)OC(C)(C)C)c1C#N. The third-order valence-corrected chi connectivity index (χ3v) is 4.66. The first kappa shape index (κ1) is 25.0. The highest BCUT2D eigenvalue weighted by molar-refractivity contribution is 5.88. The van der Waals surface area contributed by atoms with E-state index in [1.54, 1.807) is 41.5 Å². The fourth-order valence-electron chi connectivity index (χ4n) is 3.38. The van der Waals surface area contributed by atoms with Crippen molar-refractivity contribution in [1.82, 2.24) is 14.7 Å². The molecule has 1 aliphatic rings. The van der Waals surface area contributed by atoms with Crippen molar-refractivity contribution in [1.29, 1.82) is 5.26 Å². The molecule has 2 atom stereocenters. The predicted octanol–water partition coefficient (Wildman–Crippen LogP) is 3.63. The third kappa shape index (κ3) is 5.50. The van der Waals surface area contributed by atoms with Crippen molar-refractivity contribution in [2.45, 2.75) is 71.2 Å². The molecule has 1 aliphatic heterocycles. The van der Waals surface area contributed by atoms with Crippen molar-refractivity contribution in [3.63, 3.8) is 0 Å². The van der Waals surface area contributed by atoms with E-state index < -0.39 is 42.1 Å². The molecule has 0 spiro atoms. The molecule has 0 aliphatic carbocycles. The number of ether oxygens (including phenoxy) is 2. The van der Waals surface area contributed by atoms with Crippen molar-refractivity contribution in [2.75, 3.05) is 25.2 Å². The molecular weight excluding hydrogens is 417 g/mol. The van der Waals surface area contributed by atoms with Gasteiger partial charge in [0, 0.05) is 13.6 Å². The maximum Gasteiger partial charge on any atom is 0.415 e. The van der Waals surface area contributed by atoms with Gasteiger partial charge in [-0.2, -0.15) is 10.4 Å².